The van der Waals surface area contributed by atoms with Crippen LogP contribution in [0, 0.1) is 0 Å². The second-order valence-electron chi connectivity index (χ2n) is 5.85. The Morgan fingerprint density at radius 2 is 2.09 bits per heavy atom. The van der Waals surface area contributed by atoms with Gasteiger partial charge in [0, 0.05) is 10.9 Å². The molecule has 2 heterocycles. The molecular weight excluding hydrogens is 286 g/mol. The van der Waals surface area contributed by atoms with Gasteiger partial charge >= 0.3 is 0 Å². The maximum atomic E-state index is 4.73. The molecule has 0 radical (unpaired) electrons. The average Bonchev–Trinajstić information content (AvgIpc) is 3.20. The van der Waals surface area contributed by atoms with Crippen LogP contribution in [0.25, 0.3) is 10.8 Å². The predicted molar refractivity (Wildman–Crippen MR) is 92.8 cm³/mol. The lowest BCUT2D eigenvalue weighted by molar-refractivity contribution is 0.720. The average molecular weight is 305 g/mol. The van der Waals surface area contributed by atoms with Crippen LogP contribution >= 0.6 is 0 Å². The molecule has 1 aliphatic heterocycles. The first-order chi connectivity index (χ1) is 11.4. The lowest BCUT2D eigenvalue weighted by Gasteiger charge is -2.09. The van der Waals surface area contributed by atoms with Crippen molar-refractivity contribution < 1.29 is 0 Å². The molecule has 0 unspecified atom stereocenters. The first-order valence-electron chi connectivity index (χ1n) is 8.14. The Morgan fingerprint density at radius 3 is 2.91 bits per heavy atom. The second-order valence-corrected chi connectivity index (χ2v) is 5.85. The molecule has 116 valence electrons. The van der Waals surface area contributed by atoms with E-state index >= 15 is 0 Å². The Hall–Kier alpha value is -2.69. The normalized spacial score (nSPS) is 12.7. The summed E-state index contributed by atoms with van der Waals surface area (Å²) in [5.74, 6) is 0.821. The monoisotopic (exact) mass is 305 g/mol. The molecule has 3 aromatic rings. The first kappa shape index (κ1) is 13.9. The molecule has 0 saturated heterocycles. The number of hydrogen-bond donors (Lipinski definition) is 1. The molecule has 5 heteroatoms. The van der Waals surface area contributed by atoms with Crippen molar-refractivity contribution in [2.75, 3.05) is 5.43 Å². The van der Waals surface area contributed by atoms with Gasteiger partial charge in [-0.05, 0) is 35.1 Å². The smallest absolute Gasteiger partial charge is 0.154 e. The zero-order valence-electron chi connectivity index (χ0n) is 13.2. The molecule has 0 bridgehead atoms. The minimum atomic E-state index is 0.821. The van der Waals surface area contributed by atoms with E-state index in [0.717, 1.165) is 23.5 Å². The van der Waals surface area contributed by atoms with Crippen LogP contribution in [0.3, 0.4) is 0 Å². The van der Waals surface area contributed by atoms with Crippen molar-refractivity contribution >= 4 is 22.3 Å². The van der Waals surface area contributed by atoms with Gasteiger partial charge in [0.15, 0.2) is 5.84 Å². The maximum absolute atomic E-state index is 4.73. The van der Waals surface area contributed by atoms with Crippen molar-refractivity contribution in [3.8, 4) is 0 Å². The van der Waals surface area contributed by atoms with Gasteiger partial charge < -0.3 is 0 Å². The number of nitrogens with zero attached hydrogens (tertiary/aromatic N) is 4. The summed E-state index contributed by atoms with van der Waals surface area (Å²) in [5, 5.41) is 10.3. The predicted octanol–water partition coefficient (Wildman–Crippen LogP) is 3.80. The lowest BCUT2D eigenvalue weighted by atomic mass is 9.96. The van der Waals surface area contributed by atoms with Crippen LogP contribution in [0.2, 0.25) is 0 Å². The van der Waals surface area contributed by atoms with Crippen LogP contribution in [0.15, 0.2) is 47.7 Å². The second kappa shape index (κ2) is 5.83. The van der Waals surface area contributed by atoms with Gasteiger partial charge in [-0.3, -0.25) is 5.43 Å². The third-order valence-electron chi connectivity index (χ3n) is 4.29. The minimum Gasteiger partial charge on any atom is -0.259 e. The van der Waals surface area contributed by atoms with Gasteiger partial charge in [0.25, 0.3) is 0 Å². The molecule has 0 atom stereocenters. The summed E-state index contributed by atoms with van der Waals surface area (Å²) in [4.78, 5) is 6.30. The number of aliphatic imine (C=N–C) groups is 1. The molecule has 2 aromatic carbocycles. The highest BCUT2D eigenvalue weighted by atomic mass is 15.6. The number of aryl methyl sites for hydroxylation is 1. The Bertz CT molecular complexity index is 865. The summed E-state index contributed by atoms with van der Waals surface area (Å²) in [6.45, 7) is 2.24. The number of aromatic nitrogens is 3. The molecule has 4 rings (SSSR count). The molecule has 5 nitrogen and oxygen atoms in total. The number of hydrogen-bond acceptors (Lipinski definition) is 4. The first-order valence-corrected chi connectivity index (χ1v) is 8.14. The number of amidine groups is 1. The van der Waals surface area contributed by atoms with E-state index in [1.54, 1.807) is 17.2 Å². The van der Waals surface area contributed by atoms with Gasteiger partial charge in [-0.1, -0.05) is 44.0 Å². The molecule has 1 aromatic heterocycles. The third-order valence-corrected chi connectivity index (χ3v) is 4.29. The van der Waals surface area contributed by atoms with Gasteiger partial charge in [0.2, 0.25) is 0 Å². The van der Waals surface area contributed by atoms with Gasteiger partial charge in [-0.25, -0.2) is 4.99 Å². The van der Waals surface area contributed by atoms with Crippen molar-refractivity contribution in [1.29, 1.82) is 0 Å². The molecule has 0 saturated carbocycles. The Labute approximate surface area is 135 Å². The molecule has 23 heavy (non-hydrogen) atoms. The quantitative estimate of drug-likeness (QED) is 0.729. The summed E-state index contributed by atoms with van der Waals surface area (Å²) in [6, 6.07) is 10.8. The zero-order chi connectivity index (χ0) is 15.6. The standard InChI is InChI=1S/C18H19N5/c1-2-3-4-6-13-9-10-16-17-14(13)7-5-8-15(17)18(20-16)21-23-12-11-19-22-23/h5,7-12H,2-4,6H2,1H3,(H,20,21). The molecule has 0 aliphatic carbocycles. The summed E-state index contributed by atoms with van der Waals surface area (Å²) in [5.41, 5.74) is 6.76. The van der Waals surface area contributed by atoms with Gasteiger partial charge in [-0.2, -0.15) is 4.79 Å². The van der Waals surface area contributed by atoms with Crippen LogP contribution in [-0.2, 0) is 6.42 Å². The summed E-state index contributed by atoms with van der Waals surface area (Å²) < 4.78 is 0. The number of rotatable bonds is 5. The van der Waals surface area contributed by atoms with Crippen LogP contribution in [0.4, 0.5) is 5.69 Å². The van der Waals surface area contributed by atoms with E-state index < -0.39 is 0 Å². The van der Waals surface area contributed by atoms with Crippen molar-refractivity contribution in [3.63, 3.8) is 0 Å². The van der Waals surface area contributed by atoms with Crippen LogP contribution in [0.1, 0.15) is 37.3 Å². The number of benzene rings is 2. The summed E-state index contributed by atoms with van der Waals surface area (Å²) >= 11 is 0. The Morgan fingerprint density at radius 1 is 1.13 bits per heavy atom. The number of unbranched alkanes of at least 4 members (excludes halogenated alkanes) is 2. The fourth-order valence-electron chi connectivity index (χ4n) is 3.16. The summed E-state index contributed by atoms with van der Waals surface area (Å²) in [6.07, 6.45) is 8.29. The highest BCUT2D eigenvalue weighted by Crippen LogP contribution is 2.37. The topological polar surface area (TPSA) is 55.1 Å². The van der Waals surface area contributed by atoms with E-state index in [4.69, 9.17) is 4.99 Å². The van der Waals surface area contributed by atoms with Crippen molar-refractivity contribution in [1.82, 2.24) is 15.1 Å². The molecule has 0 fully saturated rings. The van der Waals surface area contributed by atoms with E-state index in [9.17, 15) is 0 Å². The maximum Gasteiger partial charge on any atom is 0.154 e. The van der Waals surface area contributed by atoms with E-state index in [-0.39, 0.29) is 0 Å². The Kier molecular flexibility index (Phi) is 3.54. The molecule has 0 amide bonds. The fraction of sp³-hybridized carbons (Fsp3) is 0.278. The highest BCUT2D eigenvalue weighted by molar-refractivity contribution is 6.22. The van der Waals surface area contributed by atoms with E-state index in [1.165, 1.54) is 35.6 Å². The van der Waals surface area contributed by atoms with Crippen molar-refractivity contribution in [2.45, 2.75) is 32.6 Å². The van der Waals surface area contributed by atoms with Crippen LogP contribution in [-0.4, -0.2) is 20.9 Å². The van der Waals surface area contributed by atoms with Crippen molar-refractivity contribution in [2.24, 2.45) is 4.99 Å². The van der Waals surface area contributed by atoms with E-state index in [1.807, 2.05) is 0 Å². The lowest BCUT2D eigenvalue weighted by Crippen LogP contribution is -2.23. The van der Waals surface area contributed by atoms with Gasteiger partial charge in [0.1, 0.15) is 0 Å². The van der Waals surface area contributed by atoms with Gasteiger partial charge in [0.05, 0.1) is 18.1 Å². The molecular formula is C18H19N5. The zero-order valence-corrected chi connectivity index (χ0v) is 13.2. The van der Waals surface area contributed by atoms with Gasteiger partial charge in [-0.15, -0.1) is 5.10 Å². The van der Waals surface area contributed by atoms with E-state index in [2.05, 4.69) is 53.0 Å². The SMILES string of the molecule is CCCCCc1ccc2c3c(cccc13)C(Nn1ccnn1)=N2. The minimum absolute atomic E-state index is 0.821. The largest absolute Gasteiger partial charge is 0.259 e. The van der Waals surface area contributed by atoms with E-state index in [0.29, 0.717) is 0 Å². The van der Waals surface area contributed by atoms with Crippen molar-refractivity contribution in [3.05, 3.63) is 53.9 Å². The number of nitrogens with one attached hydrogen (secondary N) is 1. The fourth-order valence-corrected chi connectivity index (χ4v) is 3.16. The highest BCUT2D eigenvalue weighted by Gasteiger charge is 2.20. The molecule has 1 aliphatic rings. The van der Waals surface area contributed by atoms with Crippen LogP contribution in [0.5, 0.6) is 0 Å². The molecule has 0 spiro atoms. The van der Waals surface area contributed by atoms with Crippen LogP contribution < -0.4 is 5.43 Å². The third kappa shape index (κ3) is 2.48. The summed E-state index contributed by atoms with van der Waals surface area (Å²) in [7, 11) is 0. The Balaban J connectivity index is 1.72. The molecule has 1 N–H and O–H groups in total.